The van der Waals surface area contributed by atoms with Crippen molar-refractivity contribution in [3.63, 3.8) is 0 Å². The molecule has 5 heavy (non-hydrogen) atoms. The molecule has 28 valence electrons. The van der Waals surface area contributed by atoms with Crippen LogP contribution in [0.2, 0.25) is 0 Å². The Kier molecular flexibility index (Phi) is 2.29. The first-order valence-corrected chi connectivity index (χ1v) is 1.62. The van der Waals surface area contributed by atoms with E-state index in [4.69, 9.17) is 11.6 Å². The molecule has 0 fully saturated rings. The van der Waals surface area contributed by atoms with Gasteiger partial charge in [-0.2, -0.15) is 0 Å². The number of hydrogen-bond acceptors (Lipinski definition) is 0. The Morgan fingerprint density at radius 1 is 1.80 bits per heavy atom. The molecule has 0 unspecified atom stereocenters. The zero-order chi connectivity index (χ0) is 4.28. The minimum Gasteiger partial charge on any atom is -0.0895 e. The molecule has 1 heteroatoms. The van der Waals surface area contributed by atoms with E-state index in [0.29, 0.717) is 5.03 Å². The summed E-state index contributed by atoms with van der Waals surface area (Å²) in [5, 5.41) is 0.491. The fourth-order valence-corrected chi connectivity index (χ4v) is 0. The Labute approximate surface area is 37.4 Å². The van der Waals surface area contributed by atoms with Crippen molar-refractivity contribution in [1.82, 2.24) is 0 Å². The van der Waals surface area contributed by atoms with Crippen molar-refractivity contribution in [1.29, 1.82) is 0 Å². The van der Waals surface area contributed by atoms with Crippen molar-refractivity contribution in [3.8, 4) is 0 Å². The summed E-state index contributed by atoms with van der Waals surface area (Å²) in [6.45, 7) is 6.65. The van der Waals surface area contributed by atoms with Gasteiger partial charge in [0.05, 0.1) is 0 Å². The zero-order valence-corrected chi connectivity index (χ0v) is 3.63. The maximum Gasteiger partial charge on any atom is 0.0144 e. The van der Waals surface area contributed by atoms with E-state index in [1.165, 1.54) is 6.08 Å². The molecule has 2 radical (unpaired) electrons. The second kappa shape index (κ2) is 2.28. The summed E-state index contributed by atoms with van der Waals surface area (Å²) in [5.74, 6) is 0. The van der Waals surface area contributed by atoms with Crippen molar-refractivity contribution in [3.05, 3.63) is 25.0 Å². The van der Waals surface area contributed by atoms with Crippen molar-refractivity contribution in [2.45, 2.75) is 0 Å². The van der Waals surface area contributed by atoms with Gasteiger partial charge in [0.1, 0.15) is 0 Å². The Bertz CT molecular complexity index is 41.6. The lowest BCUT2D eigenvalue weighted by molar-refractivity contribution is 1.92. The third kappa shape index (κ3) is 4.03. The fraction of sp³-hybridized carbons (Fsp3) is 0. The zero-order valence-electron chi connectivity index (χ0n) is 2.87. The molecule has 0 aromatic heterocycles. The Balaban J connectivity index is 3.14. The maximum absolute atomic E-state index is 5.15. The van der Waals surface area contributed by atoms with Gasteiger partial charge in [-0.3, -0.25) is 0 Å². The monoisotopic (exact) mass is 88.0 g/mol. The summed E-state index contributed by atoms with van der Waals surface area (Å²) < 4.78 is 0. The Hall–Kier alpha value is 0.0300. The highest BCUT2D eigenvalue weighted by Gasteiger charge is 1.65. The SMILES string of the molecule is [CH2]/C=C(/[CH2])Cl. The van der Waals surface area contributed by atoms with Crippen LogP contribution in [0.4, 0.5) is 0 Å². The molecule has 0 atom stereocenters. The standard InChI is InChI=1S/C4H5Cl/c1-3-4(2)5/h3H,1-2H2/b4-3-. The predicted octanol–water partition coefficient (Wildman–Crippen LogP) is 1.78. The van der Waals surface area contributed by atoms with Crippen LogP contribution in [-0.4, -0.2) is 0 Å². The summed E-state index contributed by atoms with van der Waals surface area (Å²) in [4.78, 5) is 0. The van der Waals surface area contributed by atoms with Crippen LogP contribution >= 0.6 is 11.6 Å². The lowest BCUT2D eigenvalue weighted by atomic mass is 10.6. The molecule has 0 aliphatic carbocycles. The molecule has 0 N–H and O–H groups in total. The highest BCUT2D eigenvalue weighted by atomic mass is 35.5. The second-order valence-corrected chi connectivity index (χ2v) is 1.14. The molecule has 0 amide bonds. The smallest absolute Gasteiger partial charge is 0.0144 e. The number of rotatable bonds is 0. The van der Waals surface area contributed by atoms with E-state index < -0.39 is 0 Å². The van der Waals surface area contributed by atoms with Gasteiger partial charge in [0.15, 0.2) is 0 Å². The van der Waals surface area contributed by atoms with E-state index in [1.807, 2.05) is 0 Å². The first kappa shape index (κ1) is 5.03. The molecular formula is C4H5Cl. The van der Waals surface area contributed by atoms with Crippen molar-refractivity contribution >= 4 is 11.6 Å². The van der Waals surface area contributed by atoms with Crippen molar-refractivity contribution in [2.75, 3.05) is 0 Å². The number of allylic oxidation sites excluding steroid dienone is 2. The van der Waals surface area contributed by atoms with E-state index in [2.05, 4.69) is 13.8 Å². The average molecular weight is 88.5 g/mol. The van der Waals surface area contributed by atoms with E-state index >= 15 is 0 Å². The fourth-order valence-electron chi connectivity index (χ4n) is 0. The van der Waals surface area contributed by atoms with Gasteiger partial charge in [0.25, 0.3) is 0 Å². The van der Waals surface area contributed by atoms with Crippen molar-refractivity contribution in [2.24, 2.45) is 0 Å². The largest absolute Gasteiger partial charge is 0.0895 e. The van der Waals surface area contributed by atoms with Gasteiger partial charge in [-0.25, -0.2) is 0 Å². The normalized spacial score (nSPS) is 12.2. The maximum atomic E-state index is 5.15. The molecule has 0 nitrogen and oxygen atoms in total. The third-order valence-electron chi connectivity index (χ3n) is 0.221. The van der Waals surface area contributed by atoms with E-state index in [0.717, 1.165) is 0 Å². The topological polar surface area (TPSA) is 0 Å². The molecule has 0 aromatic carbocycles. The number of halogens is 1. The Morgan fingerprint density at radius 2 is 2.00 bits per heavy atom. The van der Waals surface area contributed by atoms with Crippen LogP contribution in [0.5, 0.6) is 0 Å². The first-order valence-electron chi connectivity index (χ1n) is 1.24. The minimum absolute atomic E-state index is 0.491. The molecule has 0 saturated carbocycles. The summed E-state index contributed by atoms with van der Waals surface area (Å²) in [6, 6.07) is 0. The lowest BCUT2D eigenvalue weighted by Gasteiger charge is -1.69. The molecular weight excluding hydrogens is 83.5 g/mol. The van der Waals surface area contributed by atoms with Gasteiger partial charge in [-0.1, -0.05) is 17.7 Å². The highest BCUT2D eigenvalue weighted by molar-refractivity contribution is 6.30. The molecule has 0 aliphatic heterocycles. The predicted molar refractivity (Wildman–Crippen MR) is 24.6 cm³/mol. The van der Waals surface area contributed by atoms with Gasteiger partial charge < -0.3 is 0 Å². The van der Waals surface area contributed by atoms with Crippen LogP contribution < -0.4 is 0 Å². The lowest BCUT2D eigenvalue weighted by Crippen LogP contribution is -1.47. The van der Waals surface area contributed by atoms with Gasteiger partial charge in [0, 0.05) is 5.03 Å². The minimum atomic E-state index is 0.491. The molecule has 0 aromatic rings. The van der Waals surface area contributed by atoms with Crippen LogP contribution in [0, 0.1) is 13.8 Å². The highest BCUT2D eigenvalue weighted by Crippen LogP contribution is 1.92. The van der Waals surface area contributed by atoms with E-state index in [1.54, 1.807) is 0 Å². The van der Waals surface area contributed by atoms with Gasteiger partial charge in [-0.15, -0.1) is 0 Å². The van der Waals surface area contributed by atoms with E-state index in [9.17, 15) is 0 Å². The van der Waals surface area contributed by atoms with Gasteiger partial charge >= 0.3 is 0 Å². The van der Waals surface area contributed by atoms with Crippen LogP contribution in [0.3, 0.4) is 0 Å². The van der Waals surface area contributed by atoms with Crippen LogP contribution in [0.1, 0.15) is 0 Å². The van der Waals surface area contributed by atoms with Crippen LogP contribution in [0.25, 0.3) is 0 Å². The van der Waals surface area contributed by atoms with Gasteiger partial charge in [0.2, 0.25) is 0 Å². The quantitative estimate of drug-likeness (QED) is 0.423. The summed E-state index contributed by atoms with van der Waals surface area (Å²) in [6.07, 6.45) is 1.49. The summed E-state index contributed by atoms with van der Waals surface area (Å²) in [7, 11) is 0. The molecule has 0 aliphatic rings. The second-order valence-electron chi connectivity index (χ2n) is 0.651. The first-order chi connectivity index (χ1) is 2.27. The number of hydrogen-bond donors (Lipinski definition) is 0. The molecule has 0 saturated heterocycles. The van der Waals surface area contributed by atoms with E-state index in [-0.39, 0.29) is 0 Å². The summed E-state index contributed by atoms with van der Waals surface area (Å²) >= 11 is 5.15. The Morgan fingerprint density at radius 3 is 2.00 bits per heavy atom. The molecule has 0 spiro atoms. The average Bonchev–Trinajstić information content (AvgIpc) is 1.38. The third-order valence-corrected chi connectivity index (χ3v) is 0.376. The molecule has 0 rings (SSSR count). The van der Waals surface area contributed by atoms with Crippen molar-refractivity contribution < 1.29 is 0 Å². The molecule has 0 heterocycles. The van der Waals surface area contributed by atoms with Crippen LogP contribution in [-0.2, 0) is 0 Å². The van der Waals surface area contributed by atoms with Gasteiger partial charge in [-0.05, 0) is 13.8 Å². The van der Waals surface area contributed by atoms with Crippen LogP contribution in [0.15, 0.2) is 11.1 Å². The molecule has 0 bridgehead atoms. The summed E-state index contributed by atoms with van der Waals surface area (Å²) in [5.41, 5.74) is 0.